The van der Waals surface area contributed by atoms with Gasteiger partial charge in [0.05, 0.1) is 0 Å². The molecule has 2 atom stereocenters. The van der Waals surface area contributed by atoms with Gasteiger partial charge in [-0.3, -0.25) is 9.59 Å². The minimum atomic E-state index is -0.973. The second-order valence-electron chi connectivity index (χ2n) is 5.09. The van der Waals surface area contributed by atoms with Gasteiger partial charge in [-0.25, -0.2) is 0 Å². The van der Waals surface area contributed by atoms with Crippen molar-refractivity contribution in [3.8, 4) is 0 Å². The van der Waals surface area contributed by atoms with E-state index in [9.17, 15) is 9.59 Å². The van der Waals surface area contributed by atoms with Gasteiger partial charge in [0, 0.05) is 12.5 Å². The van der Waals surface area contributed by atoms with Crippen LogP contribution in [0.5, 0.6) is 0 Å². The highest BCUT2D eigenvalue weighted by atomic mass is 16.4. The summed E-state index contributed by atoms with van der Waals surface area (Å²) in [5.41, 5.74) is 0. The number of hydrogen-bond donors (Lipinski definition) is 3. The van der Waals surface area contributed by atoms with Gasteiger partial charge in [-0.1, -0.05) is 39.0 Å². The number of unbranched alkanes of at least 4 members (excludes halogenated alkanes) is 4. The van der Waals surface area contributed by atoms with E-state index in [2.05, 4.69) is 12.2 Å². The van der Waals surface area contributed by atoms with Crippen LogP contribution in [0.4, 0.5) is 0 Å². The summed E-state index contributed by atoms with van der Waals surface area (Å²) in [5.74, 6) is -1.93. The van der Waals surface area contributed by atoms with Crippen LogP contribution in [0.3, 0.4) is 0 Å². The molecule has 0 saturated heterocycles. The molecule has 0 aliphatic carbocycles. The van der Waals surface area contributed by atoms with Gasteiger partial charge in [0.1, 0.15) is 6.04 Å². The largest absolute Gasteiger partial charge is 0.481 e. The van der Waals surface area contributed by atoms with Crippen molar-refractivity contribution in [2.24, 2.45) is 0 Å². The number of hydrogen-bond acceptors (Lipinski definition) is 3. The highest BCUT2D eigenvalue weighted by Crippen LogP contribution is 2.08. The van der Waals surface area contributed by atoms with Crippen LogP contribution in [0.1, 0.15) is 65.2 Å². The van der Waals surface area contributed by atoms with Crippen LogP contribution < -0.4 is 5.32 Å². The van der Waals surface area contributed by atoms with Crippen LogP contribution in [-0.4, -0.2) is 34.2 Å². The van der Waals surface area contributed by atoms with Gasteiger partial charge in [-0.2, -0.15) is 0 Å². The lowest BCUT2D eigenvalue weighted by atomic mass is 10.1. The van der Waals surface area contributed by atoms with E-state index in [1.165, 1.54) is 25.7 Å². The topological polar surface area (TPSA) is 86.6 Å². The maximum Gasteiger partial charge on any atom is 0.320 e. The van der Waals surface area contributed by atoms with E-state index in [1.54, 1.807) is 0 Å². The third-order valence-corrected chi connectivity index (χ3v) is 3.17. The van der Waals surface area contributed by atoms with Crippen molar-refractivity contribution in [1.82, 2.24) is 5.32 Å². The molecule has 3 N–H and O–H groups in total. The molecule has 5 heteroatoms. The lowest BCUT2D eigenvalue weighted by molar-refractivity contribution is -0.141. The normalized spacial score (nSPS) is 14.0. The van der Waals surface area contributed by atoms with E-state index in [4.69, 9.17) is 10.2 Å². The van der Waals surface area contributed by atoms with Crippen molar-refractivity contribution in [2.45, 2.75) is 77.3 Å². The molecule has 0 amide bonds. The molecule has 0 radical (unpaired) electrons. The number of nitrogens with one attached hydrogen (secondary N) is 1. The Morgan fingerprint density at radius 3 is 2.21 bits per heavy atom. The molecule has 0 aromatic carbocycles. The third kappa shape index (κ3) is 10.5. The number of carbonyl (C=O) groups is 2. The molecule has 0 bridgehead atoms. The summed E-state index contributed by atoms with van der Waals surface area (Å²) < 4.78 is 0. The Kier molecular flexibility index (Phi) is 10.2. The summed E-state index contributed by atoms with van der Waals surface area (Å²) in [5, 5.41) is 20.6. The molecule has 19 heavy (non-hydrogen) atoms. The Morgan fingerprint density at radius 1 is 1.05 bits per heavy atom. The Bertz CT molecular complexity index is 268. The van der Waals surface area contributed by atoms with E-state index in [1.807, 2.05) is 6.92 Å². The summed E-state index contributed by atoms with van der Waals surface area (Å²) in [6, 6.07) is -0.654. The molecule has 0 aromatic heterocycles. The maximum absolute atomic E-state index is 11.0. The first-order chi connectivity index (χ1) is 8.97. The molecular formula is C14H27NO4. The van der Waals surface area contributed by atoms with Crippen molar-refractivity contribution in [3.63, 3.8) is 0 Å². The molecule has 0 heterocycles. The molecular weight excluding hydrogens is 246 g/mol. The smallest absolute Gasteiger partial charge is 0.320 e. The molecule has 0 fully saturated rings. The average molecular weight is 273 g/mol. The SMILES string of the molecule is CCCCCCCC(C)NC(CCC(=O)O)C(=O)O. The Labute approximate surface area is 115 Å². The van der Waals surface area contributed by atoms with Gasteiger partial charge in [0.25, 0.3) is 0 Å². The van der Waals surface area contributed by atoms with Gasteiger partial charge < -0.3 is 15.5 Å². The molecule has 112 valence electrons. The molecule has 2 unspecified atom stereocenters. The minimum Gasteiger partial charge on any atom is -0.481 e. The highest BCUT2D eigenvalue weighted by Gasteiger charge is 2.20. The van der Waals surface area contributed by atoms with Gasteiger partial charge >= 0.3 is 11.9 Å². The van der Waals surface area contributed by atoms with Crippen LogP contribution >= 0.6 is 0 Å². The predicted molar refractivity (Wildman–Crippen MR) is 74.3 cm³/mol. The molecule has 0 aliphatic rings. The van der Waals surface area contributed by atoms with E-state index < -0.39 is 18.0 Å². The zero-order valence-electron chi connectivity index (χ0n) is 12.0. The molecule has 0 rings (SSSR count). The van der Waals surface area contributed by atoms with Gasteiger partial charge in [-0.15, -0.1) is 0 Å². The first-order valence-electron chi connectivity index (χ1n) is 7.18. The highest BCUT2D eigenvalue weighted by molar-refractivity contribution is 5.75. The Morgan fingerprint density at radius 2 is 1.68 bits per heavy atom. The summed E-state index contributed by atoms with van der Waals surface area (Å²) in [6.07, 6.45) is 6.89. The average Bonchev–Trinajstić information content (AvgIpc) is 2.33. The van der Waals surface area contributed by atoms with E-state index in [-0.39, 0.29) is 18.9 Å². The number of rotatable bonds is 12. The molecule has 0 aromatic rings. The van der Waals surface area contributed by atoms with Gasteiger partial charge in [-0.05, 0) is 19.8 Å². The fourth-order valence-electron chi connectivity index (χ4n) is 2.03. The molecule has 5 nitrogen and oxygen atoms in total. The van der Waals surface area contributed by atoms with Crippen LogP contribution in [0, 0.1) is 0 Å². The maximum atomic E-state index is 11.0. The fourth-order valence-corrected chi connectivity index (χ4v) is 2.03. The van der Waals surface area contributed by atoms with Crippen LogP contribution in [0.2, 0.25) is 0 Å². The second kappa shape index (κ2) is 10.8. The van der Waals surface area contributed by atoms with E-state index >= 15 is 0 Å². The predicted octanol–water partition coefficient (Wildman–Crippen LogP) is 2.64. The van der Waals surface area contributed by atoms with Gasteiger partial charge in [0.2, 0.25) is 0 Å². The van der Waals surface area contributed by atoms with Crippen molar-refractivity contribution in [3.05, 3.63) is 0 Å². The van der Waals surface area contributed by atoms with Crippen molar-refractivity contribution in [2.75, 3.05) is 0 Å². The summed E-state index contributed by atoms with van der Waals surface area (Å²) in [7, 11) is 0. The second-order valence-corrected chi connectivity index (χ2v) is 5.09. The minimum absolute atomic E-state index is 0.108. The van der Waals surface area contributed by atoms with Crippen molar-refractivity contribution in [1.29, 1.82) is 0 Å². The summed E-state index contributed by atoms with van der Waals surface area (Å²) in [4.78, 5) is 21.5. The summed E-state index contributed by atoms with van der Waals surface area (Å²) >= 11 is 0. The van der Waals surface area contributed by atoms with Crippen molar-refractivity contribution < 1.29 is 19.8 Å². The van der Waals surface area contributed by atoms with Gasteiger partial charge in [0.15, 0.2) is 0 Å². The zero-order valence-corrected chi connectivity index (χ0v) is 12.0. The lowest BCUT2D eigenvalue weighted by Gasteiger charge is -2.19. The van der Waals surface area contributed by atoms with Crippen molar-refractivity contribution >= 4 is 11.9 Å². The first-order valence-corrected chi connectivity index (χ1v) is 7.18. The molecule has 0 spiro atoms. The van der Waals surface area contributed by atoms with Crippen LogP contribution in [-0.2, 0) is 9.59 Å². The first kappa shape index (κ1) is 17.9. The number of aliphatic carboxylic acids is 2. The standard InChI is InChI=1S/C14H27NO4/c1-3-4-5-6-7-8-11(2)15-12(14(18)19)9-10-13(16)17/h11-12,15H,3-10H2,1-2H3,(H,16,17)(H,18,19). The Hall–Kier alpha value is -1.10. The van der Waals surface area contributed by atoms with Crippen LogP contribution in [0.15, 0.2) is 0 Å². The Balaban J connectivity index is 3.86. The quantitative estimate of drug-likeness (QED) is 0.476. The zero-order chi connectivity index (χ0) is 14.7. The third-order valence-electron chi connectivity index (χ3n) is 3.17. The summed E-state index contributed by atoms with van der Waals surface area (Å²) in [6.45, 7) is 4.13. The fraction of sp³-hybridized carbons (Fsp3) is 0.857. The number of carboxylic acid groups (broad SMARTS) is 2. The monoisotopic (exact) mass is 273 g/mol. The molecule has 0 saturated carbocycles. The van der Waals surface area contributed by atoms with E-state index in [0.717, 1.165) is 12.8 Å². The van der Waals surface area contributed by atoms with E-state index in [0.29, 0.717) is 0 Å². The lowest BCUT2D eigenvalue weighted by Crippen LogP contribution is -2.42. The number of carboxylic acids is 2. The molecule has 0 aliphatic heterocycles. The van der Waals surface area contributed by atoms with Crippen LogP contribution in [0.25, 0.3) is 0 Å².